The van der Waals surface area contributed by atoms with Crippen LogP contribution in [-0.4, -0.2) is 57.2 Å². The molecule has 1 atom stereocenters. The normalized spacial score (nSPS) is 20.0. The minimum atomic E-state index is 0.278. The SMILES string of the molecule is OC[C@H]1CCCCN1CCCNc1[nH+]cnc2nc[nH]c12. The van der Waals surface area contributed by atoms with Gasteiger partial charge in [0.05, 0.1) is 19.5 Å². The number of imidazole rings is 1. The molecule has 0 spiro atoms. The van der Waals surface area contributed by atoms with E-state index < -0.39 is 0 Å². The molecular weight excluding hydrogens is 268 g/mol. The molecule has 0 aromatic carbocycles. The van der Waals surface area contributed by atoms with E-state index in [1.165, 1.54) is 12.8 Å². The molecule has 7 nitrogen and oxygen atoms in total. The van der Waals surface area contributed by atoms with Gasteiger partial charge in [0, 0.05) is 12.6 Å². The molecule has 3 rings (SSSR count). The molecule has 0 radical (unpaired) electrons. The van der Waals surface area contributed by atoms with Crippen molar-refractivity contribution < 1.29 is 10.1 Å². The molecule has 4 N–H and O–H groups in total. The molecule has 1 saturated heterocycles. The first-order chi connectivity index (χ1) is 10.4. The van der Waals surface area contributed by atoms with Crippen molar-refractivity contribution in [3.05, 3.63) is 12.7 Å². The van der Waals surface area contributed by atoms with Gasteiger partial charge in [0.25, 0.3) is 5.65 Å². The van der Waals surface area contributed by atoms with Crippen LogP contribution in [-0.2, 0) is 0 Å². The Labute approximate surface area is 123 Å². The van der Waals surface area contributed by atoms with Crippen molar-refractivity contribution in [1.29, 1.82) is 0 Å². The summed E-state index contributed by atoms with van der Waals surface area (Å²) in [5.74, 6) is 0.926. The highest BCUT2D eigenvalue weighted by molar-refractivity contribution is 5.79. The summed E-state index contributed by atoms with van der Waals surface area (Å²) < 4.78 is 0. The van der Waals surface area contributed by atoms with E-state index in [9.17, 15) is 5.11 Å². The van der Waals surface area contributed by atoms with Gasteiger partial charge < -0.3 is 15.4 Å². The van der Waals surface area contributed by atoms with Gasteiger partial charge in [-0.3, -0.25) is 4.90 Å². The number of fused-ring (bicyclic) bond motifs is 1. The molecule has 3 heterocycles. The van der Waals surface area contributed by atoms with E-state index in [2.05, 4.69) is 30.2 Å². The van der Waals surface area contributed by atoms with Crippen molar-refractivity contribution in [2.75, 3.05) is 31.6 Å². The summed E-state index contributed by atoms with van der Waals surface area (Å²) in [6.07, 6.45) is 7.95. The standard InChI is InChI=1S/C14H22N6O/c21-8-11-4-1-2-6-20(11)7-3-5-15-13-12-14(17-9-16-12)19-10-18-13/h9-11,21H,1-8H2,(H2,15,16,17,18,19)/p+1/t11-/m1/s1. The predicted molar refractivity (Wildman–Crippen MR) is 79.8 cm³/mol. The van der Waals surface area contributed by atoms with Gasteiger partial charge in [0.1, 0.15) is 0 Å². The molecule has 7 heteroatoms. The molecule has 21 heavy (non-hydrogen) atoms. The second-order valence-corrected chi connectivity index (χ2v) is 5.53. The van der Waals surface area contributed by atoms with E-state index in [1.54, 1.807) is 12.7 Å². The summed E-state index contributed by atoms with van der Waals surface area (Å²) in [4.78, 5) is 16.9. The number of anilines is 1. The number of aromatic amines is 2. The molecule has 114 valence electrons. The summed E-state index contributed by atoms with van der Waals surface area (Å²) in [6, 6.07) is 0.352. The lowest BCUT2D eigenvalue weighted by atomic mass is 10.0. The van der Waals surface area contributed by atoms with E-state index in [0.29, 0.717) is 11.7 Å². The lowest BCUT2D eigenvalue weighted by Gasteiger charge is -2.34. The van der Waals surface area contributed by atoms with Crippen LogP contribution in [0.3, 0.4) is 0 Å². The zero-order valence-electron chi connectivity index (χ0n) is 12.2. The highest BCUT2D eigenvalue weighted by Crippen LogP contribution is 2.17. The zero-order chi connectivity index (χ0) is 14.5. The first kappa shape index (κ1) is 14.2. The highest BCUT2D eigenvalue weighted by atomic mass is 16.3. The minimum Gasteiger partial charge on any atom is -0.395 e. The number of aliphatic hydroxyl groups excluding tert-OH is 1. The van der Waals surface area contributed by atoms with Crippen molar-refractivity contribution in [2.24, 2.45) is 0 Å². The number of hydrogen-bond donors (Lipinski definition) is 3. The molecule has 2 aromatic heterocycles. The van der Waals surface area contributed by atoms with E-state index in [4.69, 9.17) is 0 Å². The van der Waals surface area contributed by atoms with Gasteiger partial charge in [-0.2, -0.15) is 0 Å². The maximum atomic E-state index is 9.41. The Hall–Kier alpha value is -1.73. The Morgan fingerprint density at radius 1 is 1.43 bits per heavy atom. The molecule has 0 saturated carbocycles. The number of likely N-dealkylation sites (tertiary alicyclic amines) is 1. The van der Waals surface area contributed by atoms with Crippen molar-refractivity contribution in [1.82, 2.24) is 19.9 Å². The fourth-order valence-corrected chi connectivity index (χ4v) is 3.00. The fourth-order valence-electron chi connectivity index (χ4n) is 3.00. The van der Waals surface area contributed by atoms with Crippen LogP contribution in [0.1, 0.15) is 25.7 Å². The predicted octanol–water partition coefficient (Wildman–Crippen LogP) is 0.421. The Morgan fingerprint density at radius 2 is 2.38 bits per heavy atom. The first-order valence-electron chi connectivity index (χ1n) is 7.67. The molecule has 0 bridgehead atoms. The van der Waals surface area contributed by atoms with Crippen LogP contribution in [0.15, 0.2) is 12.7 Å². The molecule has 0 unspecified atom stereocenters. The molecule has 0 aliphatic carbocycles. The zero-order valence-corrected chi connectivity index (χ0v) is 12.2. The largest absolute Gasteiger partial charge is 0.395 e. The average molecular weight is 291 g/mol. The number of hydrogen-bond acceptors (Lipinski definition) is 5. The Morgan fingerprint density at radius 3 is 3.29 bits per heavy atom. The van der Waals surface area contributed by atoms with Crippen molar-refractivity contribution in [3.8, 4) is 0 Å². The first-order valence-corrected chi connectivity index (χ1v) is 7.67. The van der Waals surface area contributed by atoms with Crippen molar-refractivity contribution >= 4 is 17.0 Å². The summed E-state index contributed by atoms with van der Waals surface area (Å²) >= 11 is 0. The number of nitrogens with zero attached hydrogens (tertiary/aromatic N) is 3. The third-order valence-corrected chi connectivity index (χ3v) is 4.15. The summed E-state index contributed by atoms with van der Waals surface area (Å²) in [5.41, 5.74) is 1.62. The fraction of sp³-hybridized carbons (Fsp3) is 0.643. The third kappa shape index (κ3) is 3.30. The van der Waals surface area contributed by atoms with Crippen LogP contribution >= 0.6 is 0 Å². The highest BCUT2D eigenvalue weighted by Gasteiger charge is 2.21. The smallest absolute Gasteiger partial charge is 0.260 e. The lowest BCUT2D eigenvalue weighted by molar-refractivity contribution is -0.364. The summed E-state index contributed by atoms with van der Waals surface area (Å²) in [6.45, 7) is 3.29. The number of nitrogens with one attached hydrogen (secondary N) is 3. The van der Waals surface area contributed by atoms with E-state index in [1.807, 2.05) is 0 Å². The van der Waals surface area contributed by atoms with Gasteiger partial charge in [0.15, 0.2) is 5.52 Å². The van der Waals surface area contributed by atoms with Gasteiger partial charge >= 0.3 is 0 Å². The van der Waals surface area contributed by atoms with Crippen LogP contribution in [0, 0.1) is 0 Å². The molecule has 1 fully saturated rings. The summed E-state index contributed by atoms with van der Waals surface area (Å²) in [7, 11) is 0. The minimum absolute atomic E-state index is 0.278. The topological polar surface area (TPSA) is 91.2 Å². The second-order valence-electron chi connectivity index (χ2n) is 5.53. The Bertz CT molecular complexity index is 571. The molecule has 1 aliphatic heterocycles. The second kappa shape index (κ2) is 6.82. The van der Waals surface area contributed by atoms with Crippen molar-refractivity contribution in [2.45, 2.75) is 31.7 Å². The number of aromatic nitrogens is 4. The van der Waals surface area contributed by atoms with Crippen LogP contribution in [0.5, 0.6) is 0 Å². The van der Waals surface area contributed by atoms with Crippen LogP contribution < -0.4 is 10.3 Å². The maximum Gasteiger partial charge on any atom is 0.260 e. The van der Waals surface area contributed by atoms with Gasteiger partial charge in [0.2, 0.25) is 12.1 Å². The Balaban J connectivity index is 1.49. The van der Waals surface area contributed by atoms with Gasteiger partial charge in [-0.1, -0.05) is 11.4 Å². The monoisotopic (exact) mass is 291 g/mol. The van der Waals surface area contributed by atoms with Gasteiger partial charge in [-0.25, -0.2) is 9.97 Å². The molecule has 2 aromatic rings. The van der Waals surface area contributed by atoms with Crippen molar-refractivity contribution in [3.63, 3.8) is 0 Å². The number of aliphatic hydroxyl groups is 1. The Kier molecular flexibility index (Phi) is 4.62. The summed E-state index contributed by atoms with van der Waals surface area (Å²) in [5, 5.41) is 12.8. The third-order valence-electron chi connectivity index (χ3n) is 4.15. The molecular formula is C14H23N6O+. The van der Waals surface area contributed by atoms with Gasteiger partial charge in [-0.15, -0.1) is 0 Å². The maximum absolute atomic E-state index is 9.41. The van der Waals surface area contributed by atoms with E-state index in [0.717, 1.165) is 43.8 Å². The number of H-pyrrole nitrogens is 2. The van der Waals surface area contributed by atoms with Crippen LogP contribution in [0.4, 0.5) is 5.82 Å². The van der Waals surface area contributed by atoms with Gasteiger partial charge in [-0.05, 0) is 25.8 Å². The van der Waals surface area contributed by atoms with Crippen LogP contribution in [0.25, 0.3) is 11.2 Å². The average Bonchev–Trinajstić information content (AvgIpc) is 3.01. The number of piperidine rings is 1. The van der Waals surface area contributed by atoms with Crippen LogP contribution in [0.2, 0.25) is 0 Å². The number of rotatable bonds is 6. The van der Waals surface area contributed by atoms with E-state index >= 15 is 0 Å². The van der Waals surface area contributed by atoms with E-state index in [-0.39, 0.29) is 6.61 Å². The quantitative estimate of drug-likeness (QED) is 0.671. The molecule has 0 amide bonds. The lowest BCUT2D eigenvalue weighted by Crippen LogP contribution is -2.42. The molecule has 1 aliphatic rings.